The van der Waals surface area contributed by atoms with Crippen LogP contribution in [0, 0.1) is 5.92 Å². The first kappa shape index (κ1) is 16.3. The summed E-state index contributed by atoms with van der Waals surface area (Å²) in [5.41, 5.74) is 0.918. The quantitative estimate of drug-likeness (QED) is 0.926. The van der Waals surface area contributed by atoms with Crippen molar-refractivity contribution in [3.8, 4) is 0 Å². The number of amides is 1. The van der Waals surface area contributed by atoms with Gasteiger partial charge in [-0.05, 0) is 37.6 Å². The molecule has 1 aliphatic heterocycles. The minimum atomic E-state index is 0. The molecule has 0 spiro atoms. The molecule has 1 N–H and O–H groups in total. The summed E-state index contributed by atoms with van der Waals surface area (Å²) < 4.78 is 0. The normalized spacial score (nSPS) is 18.2. The van der Waals surface area contributed by atoms with Crippen LogP contribution in [0.15, 0.2) is 24.3 Å². The standard InChI is InChI=1S/C14H19ClN2O.ClH/c1-16-9-11-6-7-17(10-11)14(18)8-12-4-2-3-5-13(12)15;/h2-5,11,16H,6-10H2,1H3;1H. The van der Waals surface area contributed by atoms with E-state index in [0.29, 0.717) is 17.4 Å². The van der Waals surface area contributed by atoms with Crippen LogP contribution in [-0.2, 0) is 11.2 Å². The second kappa shape index (κ2) is 7.73. The molecule has 5 heteroatoms. The molecule has 0 aliphatic carbocycles. The summed E-state index contributed by atoms with van der Waals surface area (Å²) in [5.74, 6) is 0.770. The molecular weight excluding hydrogens is 283 g/mol. The molecule has 2 rings (SSSR count). The van der Waals surface area contributed by atoms with Crippen LogP contribution in [0.1, 0.15) is 12.0 Å². The number of hydrogen-bond donors (Lipinski definition) is 1. The number of benzene rings is 1. The Balaban J connectivity index is 0.00000180. The molecule has 1 aliphatic rings. The van der Waals surface area contributed by atoms with Gasteiger partial charge in [-0.1, -0.05) is 29.8 Å². The summed E-state index contributed by atoms with van der Waals surface area (Å²) in [6.07, 6.45) is 1.50. The molecule has 0 saturated carbocycles. The maximum Gasteiger partial charge on any atom is 0.227 e. The van der Waals surface area contributed by atoms with Gasteiger partial charge in [0.2, 0.25) is 5.91 Å². The van der Waals surface area contributed by atoms with Crippen molar-refractivity contribution in [3.05, 3.63) is 34.9 Å². The minimum Gasteiger partial charge on any atom is -0.342 e. The van der Waals surface area contributed by atoms with E-state index in [4.69, 9.17) is 11.6 Å². The third kappa shape index (κ3) is 4.37. The predicted molar refractivity (Wildman–Crippen MR) is 81.0 cm³/mol. The predicted octanol–water partition coefficient (Wildman–Crippen LogP) is 2.37. The van der Waals surface area contributed by atoms with Gasteiger partial charge in [-0.25, -0.2) is 0 Å². The summed E-state index contributed by atoms with van der Waals surface area (Å²) in [6, 6.07) is 7.55. The van der Waals surface area contributed by atoms with E-state index >= 15 is 0 Å². The molecule has 1 amide bonds. The summed E-state index contributed by atoms with van der Waals surface area (Å²) >= 11 is 6.07. The molecule has 1 saturated heterocycles. The maximum absolute atomic E-state index is 12.2. The summed E-state index contributed by atoms with van der Waals surface area (Å²) in [4.78, 5) is 14.1. The number of likely N-dealkylation sites (tertiary alicyclic amines) is 1. The zero-order valence-corrected chi connectivity index (χ0v) is 12.6. The molecule has 1 aromatic rings. The van der Waals surface area contributed by atoms with E-state index in [1.807, 2.05) is 36.2 Å². The van der Waals surface area contributed by atoms with Gasteiger partial charge in [-0.2, -0.15) is 0 Å². The highest BCUT2D eigenvalue weighted by Crippen LogP contribution is 2.19. The Morgan fingerprint density at radius 2 is 2.21 bits per heavy atom. The van der Waals surface area contributed by atoms with Crippen molar-refractivity contribution >= 4 is 29.9 Å². The molecular formula is C14H20Cl2N2O. The van der Waals surface area contributed by atoms with Gasteiger partial charge < -0.3 is 10.2 Å². The lowest BCUT2D eigenvalue weighted by atomic mass is 10.1. The van der Waals surface area contributed by atoms with Crippen molar-refractivity contribution < 1.29 is 4.79 Å². The fraction of sp³-hybridized carbons (Fsp3) is 0.500. The summed E-state index contributed by atoms with van der Waals surface area (Å²) in [7, 11) is 1.95. The van der Waals surface area contributed by atoms with Crippen molar-refractivity contribution in [2.75, 3.05) is 26.7 Å². The topological polar surface area (TPSA) is 32.3 Å². The number of hydrogen-bond acceptors (Lipinski definition) is 2. The highest BCUT2D eigenvalue weighted by atomic mass is 35.5. The van der Waals surface area contributed by atoms with Crippen LogP contribution >= 0.6 is 24.0 Å². The van der Waals surface area contributed by atoms with Gasteiger partial charge in [0, 0.05) is 18.1 Å². The molecule has 19 heavy (non-hydrogen) atoms. The Labute approximate surface area is 125 Å². The molecule has 3 nitrogen and oxygen atoms in total. The van der Waals surface area contributed by atoms with Crippen LogP contribution in [0.3, 0.4) is 0 Å². The summed E-state index contributed by atoms with van der Waals surface area (Å²) in [6.45, 7) is 2.72. The van der Waals surface area contributed by atoms with Gasteiger partial charge in [0.05, 0.1) is 6.42 Å². The lowest BCUT2D eigenvalue weighted by Gasteiger charge is -2.17. The monoisotopic (exact) mass is 302 g/mol. The Hall–Kier alpha value is -0.770. The minimum absolute atomic E-state index is 0. The highest BCUT2D eigenvalue weighted by molar-refractivity contribution is 6.31. The largest absolute Gasteiger partial charge is 0.342 e. The fourth-order valence-electron chi connectivity index (χ4n) is 2.43. The van der Waals surface area contributed by atoms with Crippen molar-refractivity contribution in [2.24, 2.45) is 5.92 Å². The van der Waals surface area contributed by atoms with Crippen molar-refractivity contribution in [3.63, 3.8) is 0 Å². The first-order valence-corrected chi connectivity index (χ1v) is 6.74. The van der Waals surface area contributed by atoms with Gasteiger partial charge in [-0.3, -0.25) is 4.79 Å². The Bertz CT molecular complexity index is 426. The number of halogens is 2. The SMILES string of the molecule is CNCC1CCN(C(=O)Cc2ccccc2Cl)C1.Cl. The lowest BCUT2D eigenvalue weighted by Crippen LogP contribution is -2.31. The maximum atomic E-state index is 12.2. The van der Waals surface area contributed by atoms with Crippen LogP contribution in [0.5, 0.6) is 0 Å². The number of nitrogens with one attached hydrogen (secondary N) is 1. The zero-order valence-electron chi connectivity index (χ0n) is 11.1. The fourth-order valence-corrected chi connectivity index (χ4v) is 2.63. The smallest absolute Gasteiger partial charge is 0.227 e. The van der Waals surface area contributed by atoms with E-state index in [1.165, 1.54) is 0 Å². The summed E-state index contributed by atoms with van der Waals surface area (Å²) in [5, 5.41) is 3.85. The third-order valence-electron chi connectivity index (χ3n) is 3.43. The van der Waals surface area contributed by atoms with Crippen molar-refractivity contribution in [1.82, 2.24) is 10.2 Å². The number of rotatable bonds is 4. The average Bonchev–Trinajstić information content (AvgIpc) is 2.81. The van der Waals surface area contributed by atoms with E-state index in [-0.39, 0.29) is 18.3 Å². The number of nitrogens with zero attached hydrogens (tertiary/aromatic N) is 1. The lowest BCUT2D eigenvalue weighted by molar-refractivity contribution is -0.129. The van der Waals surface area contributed by atoms with E-state index < -0.39 is 0 Å². The second-order valence-electron chi connectivity index (χ2n) is 4.82. The molecule has 0 aromatic heterocycles. The number of carbonyl (C=O) groups is 1. The Kier molecular flexibility index (Phi) is 6.63. The van der Waals surface area contributed by atoms with Gasteiger partial charge in [0.25, 0.3) is 0 Å². The van der Waals surface area contributed by atoms with Crippen molar-refractivity contribution in [1.29, 1.82) is 0 Å². The van der Waals surface area contributed by atoms with E-state index in [2.05, 4.69) is 5.32 Å². The molecule has 1 aromatic carbocycles. The molecule has 1 atom stereocenters. The second-order valence-corrected chi connectivity index (χ2v) is 5.23. The molecule has 0 radical (unpaired) electrons. The van der Waals surface area contributed by atoms with Crippen LogP contribution in [-0.4, -0.2) is 37.5 Å². The van der Waals surface area contributed by atoms with Gasteiger partial charge in [0.15, 0.2) is 0 Å². The molecule has 106 valence electrons. The molecule has 1 heterocycles. The van der Waals surface area contributed by atoms with Gasteiger partial charge in [0.1, 0.15) is 0 Å². The van der Waals surface area contributed by atoms with E-state index in [0.717, 1.165) is 31.6 Å². The molecule has 0 bridgehead atoms. The van der Waals surface area contributed by atoms with E-state index in [1.54, 1.807) is 0 Å². The van der Waals surface area contributed by atoms with Crippen LogP contribution in [0.2, 0.25) is 5.02 Å². The number of carbonyl (C=O) groups excluding carboxylic acids is 1. The van der Waals surface area contributed by atoms with Crippen LogP contribution < -0.4 is 5.32 Å². The Morgan fingerprint density at radius 3 is 2.89 bits per heavy atom. The van der Waals surface area contributed by atoms with Crippen molar-refractivity contribution in [2.45, 2.75) is 12.8 Å². The van der Waals surface area contributed by atoms with Crippen LogP contribution in [0.25, 0.3) is 0 Å². The first-order chi connectivity index (χ1) is 8.70. The molecule has 1 unspecified atom stereocenters. The average molecular weight is 303 g/mol. The Morgan fingerprint density at radius 1 is 1.47 bits per heavy atom. The van der Waals surface area contributed by atoms with E-state index in [9.17, 15) is 4.79 Å². The molecule has 1 fully saturated rings. The van der Waals surface area contributed by atoms with Crippen LogP contribution in [0.4, 0.5) is 0 Å². The van der Waals surface area contributed by atoms with Gasteiger partial charge >= 0.3 is 0 Å². The highest BCUT2D eigenvalue weighted by Gasteiger charge is 2.25. The van der Waals surface area contributed by atoms with Gasteiger partial charge in [-0.15, -0.1) is 12.4 Å². The zero-order chi connectivity index (χ0) is 13.0. The first-order valence-electron chi connectivity index (χ1n) is 6.36. The third-order valence-corrected chi connectivity index (χ3v) is 3.80.